The van der Waals surface area contributed by atoms with Crippen molar-refractivity contribution >= 4 is 22.4 Å². The fourth-order valence-electron chi connectivity index (χ4n) is 3.55. The summed E-state index contributed by atoms with van der Waals surface area (Å²) in [7, 11) is 1.30. The Morgan fingerprint density at radius 2 is 2.00 bits per heavy atom. The molecule has 5 heteroatoms. The van der Waals surface area contributed by atoms with Crippen LogP contribution in [0.3, 0.4) is 0 Å². The van der Waals surface area contributed by atoms with E-state index in [4.69, 9.17) is 10.5 Å². The van der Waals surface area contributed by atoms with Crippen molar-refractivity contribution in [2.75, 3.05) is 12.8 Å². The van der Waals surface area contributed by atoms with E-state index < -0.39 is 5.97 Å². The molecule has 1 heterocycles. The first-order chi connectivity index (χ1) is 11.7. The summed E-state index contributed by atoms with van der Waals surface area (Å²) in [6, 6.07) is 12.3. The number of anilines is 1. The molecule has 0 amide bonds. The summed E-state index contributed by atoms with van der Waals surface area (Å²) in [4.78, 5) is 12.2. The normalized spacial score (nSPS) is 12.3. The van der Waals surface area contributed by atoms with Crippen LogP contribution in [0.25, 0.3) is 16.5 Å². The standard InChI is InChI=1S/C19H15N3O2/c1-24-19(23)18-17(21)13(9-20)10-22(18)15-8-7-12-6-5-11-3-2-4-14(15)16(11)12/h2-4,7-8,10H,5-6,21H2,1H3. The molecular formula is C19H15N3O2. The lowest BCUT2D eigenvalue weighted by molar-refractivity contribution is 0.0593. The molecule has 0 saturated carbocycles. The van der Waals surface area contributed by atoms with Crippen molar-refractivity contribution < 1.29 is 9.53 Å². The molecule has 2 N–H and O–H groups in total. The number of methoxy groups -OCH3 is 1. The van der Waals surface area contributed by atoms with Gasteiger partial charge in [-0.3, -0.25) is 0 Å². The fraction of sp³-hybridized carbons (Fsp3) is 0.158. The maximum atomic E-state index is 12.2. The molecule has 0 unspecified atom stereocenters. The van der Waals surface area contributed by atoms with Crippen molar-refractivity contribution in [1.29, 1.82) is 5.26 Å². The largest absolute Gasteiger partial charge is 0.464 e. The third-order valence-electron chi connectivity index (χ3n) is 4.66. The van der Waals surface area contributed by atoms with Crippen LogP contribution >= 0.6 is 0 Å². The Balaban J connectivity index is 2.07. The zero-order valence-electron chi connectivity index (χ0n) is 13.2. The molecule has 2 aromatic carbocycles. The minimum absolute atomic E-state index is 0.146. The molecule has 0 saturated heterocycles. The molecule has 4 rings (SSSR count). The summed E-state index contributed by atoms with van der Waals surface area (Å²) in [5.41, 5.74) is 10.0. The first-order valence-corrected chi connectivity index (χ1v) is 7.68. The van der Waals surface area contributed by atoms with Crippen molar-refractivity contribution in [3.05, 3.63) is 58.9 Å². The highest BCUT2D eigenvalue weighted by Gasteiger charge is 2.24. The first kappa shape index (κ1) is 14.3. The molecule has 24 heavy (non-hydrogen) atoms. The highest BCUT2D eigenvalue weighted by atomic mass is 16.5. The van der Waals surface area contributed by atoms with Crippen LogP contribution < -0.4 is 5.73 Å². The van der Waals surface area contributed by atoms with E-state index in [1.165, 1.54) is 23.6 Å². The molecule has 0 atom stereocenters. The van der Waals surface area contributed by atoms with Gasteiger partial charge >= 0.3 is 5.97 Å². The number of hydrogen-bond donors (Lipinski definition) is 1. The molecule has 0 radical (unpaired) electrons. The van der Waals surface area contributed by atoms with Crippen LogP contribution in [0.1, 0.15) is 27.2 Å². The van der Waals surface area contributed by atoms with Crippen LogP contribution in [-0.4, -0.2) is 17.6 Å². The number of rotatable bonds is 2. The Labute approximate surface area is 138 Å². The Hall–Kier alpha value is -3.26. The van der Waals surface area contributed by atoms with E-state index in [-0.39, 0.29) is 16.9 Å². The highest BCUT2D eigenvalue weighted by molar-refractivity contribution is 6.00. The zero-order valence-corrected chi connectivity index (χ0v) is 13.2. The van der Waals surface area contributed by atoms with E-state index in [0.29, 0.717) is 0 Å². The predicted octanol–water partition coefficient (Wildman–Crippen LogP) is 2.97. The first-order valence-electron chi connectivity index (χ1n) is 7.68. The smallest absolute Gasteiger partial charge is 0.357 e. The summed E-state index contributed by atoms with van der Waals surface area (Å²) in [6.45, 7) is 0. The van der Waals surface area contributed by atoms with Gasteiger partial charge in [0.05, 0.1) is 24.0 Å². The second-order valence-corrected chi connectivity index (χ2v) is 5.86. The number of hydrogen-bond acceptors (Lipinski definition) is 4. The second-order valence-electron chi connectivity index (χ2n) is 5.86. The Bertz CT molecular complexity index is 1030. The number of nitrogens with zero attached hydrogens (tertiary/aromatic N) is 2. The quantitative estimate of drug-likeness (QED) is 0.737. The number of carbonyl (C=O) groups is 1. The fourth-order valence-corrected chi connectivity index (χ4v) is 3.55. The number of nitrogens with two attached hydrogens (primary N) is 1. The van der Waals surface area contributed by atoms with Crippen LogP contribution in [0.2, 0.25) is 0 Å². The van der Waals surface area contributed by atoms with Crippen molar-refractivity contribution in [3.8, 4) is 11.8 Å². The predicted molar refractivity (Wildman–Crippen MR) is 91.1 cm³/mol. The van der Waals surface area contributed by atoms with Gasteiger partial charge in [0.25, 0.3) is 0 Å². The zero-order chi connectivity index (χ0) is 16.8. The maximum Gasteiger partial charge on any atom is 0.357 e. The Morgan fingerprint density at radius 1 is 1.25 bits per heavy atom. The van der Waals surface area contributed by atoms with Crippen LogP contribution in [0, 0.1) is 11.3 Å². The third-order valence-corrected chi connectivity index (χ3v) is 4.66. The number of aryl methyl sites for hydroxylation is 2. The molecule has 118 valence electrons. The van der Waals surface area contributed by atoms with Crippen LogP contribution in [0.15, 0.2) is 36.5 Å². The maximum absolute atomic E-state index is 12.2. The average molecular weight is 317 g/mol. The van der Waals surface area contributed by atoms with Crippen LogP contribution in [0.5, 0.6) is 0 Å². The molecule has 1 aliphatic carbocycles. The van der Waals surface area contributed by atoms with Crippen LogP contribution in [0.4, 0.5) is 5.69 Å². The van der Waals surface area contributed by atoms with Crippen molar-refractivity contribution in [2.45, 2.75) is 12.8 Å². The summed E-state index contributed by atoms with van der Waals surface area (Å²) >= 11 is 0. The lowest BCUT2D eigenvalue weighted by Gasteiger charge is -2.13. The van der Waals surface area contributed by atoms with E-state index >= 15 is 0 Å². The number of aromatic nitrogens is 1. The summed E-state index contributed by atoms with van der Waals surface area (Å²) in [5.74, 6) is -0.558. The highest BCUT2D eigenvalue weighted by Crippen LogP contribution is 2.36. The van der Waals surface area contributed by atoms with Gasteiger partial charge in [0.15, 0.2) is 5.69 Å². The lowest BCUT2D eigenvalue weighted by Crippen LogP contribution is -2.11. The van der Waals surface area contributed by atoms with E-state index in [1.807, 2.05) is 24.3 Å². The van der Waals surface area contributed by atoms with Gasteiger partial charge in [-0.1, -0.05) is 24.3 Å². The summed E-state index contributed by atoms with van der Waals surface area (Å²) in [6.07, 6.45) is 3.65. The van der Waals surface area contributed by atoms with Crippen molar-refractivity contribution in [3.63, 3.8) is 0 Å². The monoisotopic (exact) mass is 317 g/mol. The average Bonchev–Trinajstić information content (AvgIpc) is 3.17. The number of esters is 1. The summed E-state index contributed by atoms with van der Waals surface area (Å²) in [5, 5.41) is 11.6. The van der Waals surface area contributed by atoms with Crippen molar-refractivity contribution in [2.24, 2.45) is 0 Å². The second kappa shape index (κ2) is 5.14. The SMILES string of the molecule is COC(=O)c1c(N)c(C#N)cn1-c1ccc2c3c(cccc13)CC2. The minimum atomic E-state index is -0.558. The van der Waals surface area contributed by atoms with Crippen LogP contribution in [-0.2, 0) is 17.6 Å². The molecular weight excluding hydrogens is 302 g/mol. The van der Waals surface area contributed by atoms with E-state index in [1.54, 1.807) is 10.8 Å². The summed E-state index contributed by atoms with van der Waals surface area (Å²) < 4.78 is 6.53. The van der Waals surface area contributed by atoms with Crippen molar-refractivity contribution in [1.82, 2.24) is 4.57 Å². The van der Waals surface area contributed by atoms with Gasteiger partial charge in [-0.2, -0.15) is 5.26 Å². The molecule has 3 aromatic rings. The minimum Gasteiger partial charge on any atom is -0.464 e. The molecule has 0 spiro atoms. The van der Waals surface area contributed by atoms with Gasteiger partial charge in [-0.15, -0.1) is 0 Å². The molecule has 0 fully saturated rings. The van der Waals surface area contributed by atoms with Gasteiger partial charge in [0.2, 0.25) is 0 Å². The number of nitriles is 1. The number of carbonyl (C=O) groups excluding carboxylic acids is 1. The van der Waals surface area contributed by atoms with E-state index in [0.717, 1.165) is 23.9 Å². The Kier molecular flexibility index (Phi) is 3.07. The molecule has 1 aliphatic rings. The number of ether oxygens (including phenoxy) is 1. The lowest BCUT2D eigenvalue weighted by atomic mass is 10.0. The topological polar surface area (TPSA) is 81.0 Å². The third kappa shape index (κ3) is 1.83. The van der Waals surface area contributed by atoms with Gasteiger partial charge in [0.1, 0.15) is 6.07 Å². The van der Waals surface area contributed by atoms with E-state index in [9.17, 15) is 10.1 Å². The van der Waals surface area contributed by atoms with Gasteiger partial charge in [-0.25, -0.2) is 4.79 Å². The molecule has 0 bridgehead atoms. The van der Waals surface area contributed by atoms with Gasteiger partial charge < -0.3 is 15.0 Å². The number of nitrogen functional groups attached to an aromatic ring is 1. The molecule has 0 aliphatic heterocycles. The number of benzene rings is 2. The van der Waals surface area contributed by atoms with Gasteiger partial charge in [-0.05, 0) is 35.4 Å². The molecule has 5 nitrogen and oxygen atoms in total. The van der Waals surface area contributed by atoms with E-state index in [2.05, 4.69) is 12.1 Å². The van der Waals surface area contributed by atoms with Gasteiger partial charge in [0, 0.05) is 11.6 Å². The Morgan fingerprint density at radius 3 is 2.71 bits per heavy atom. The molecule has 1 aromatic heterocycles.